The predicted octanol–water partition coefficient (Wildman–Crippen LogP) is 3.10. The zero-order valence-electron chi connectivity index (χ0n) is 11.5. The molecule has 0 unspecified atom stereocenters. The molecule has 0 amide bonds. The number of anilines is 1. The summed E-state index contributed by atoms with van der Waals surface area (Å²) in [5, 5.41) is 2.36. The number of hydrogen-bond acceptors (Lipinski definition) is 3. The van der Waals surface area contributed by atoms with Crippen LogP contribution in [-0.4, -0.2) is 18.1 Å². The van der Waals surface area contributed by atoms with Gasteiger partial charge in [-0.05, 0) is 17.4 Å². The second kappa shape index (κ2) is 6.34. The van der Waals surface area contributed by atoms with Crippen molar-refractivity contribution >= 4 is 16.6 Å². The van der Waals surface area contributed by atoms with Gasteiger partial charge in [0.05, 0.1) is 0 Å². The first-order valence-electron chi connectivity index (χ1n) is 6.74. The van der Waals surface area contributed by atoms with E-state index in [1.807, 2.05) is 24.4 Å². The first-order chi connectivity index (χ1) is 9.31. The van der Waals surface area contributed by atoms with Crippen LogP contribution in [0, 0.1) is 0 Å². The van der Waals surface area contributed by atoms with Crippen molar-refractivity contribution in [2.24, 2.45) is 5.73 Å². The second-order valence-electron chi connectivity index (χ2n) is 4.59. The van der Waals surface area contributed by atoms with Gasteiger partial charge in [0.1, 0.15) is 5.82 Å². The first kappa shape index (κ1) is 13.6. The summed E-state index contributed by atoms with van der Waals surface area (Å²) in [6.07, 6.45) is 4.90. The van der Waals surface area contributed by atoms with Gasteiger partial charge in [0.25, 0.3) is 0 Å². The third-order valence-corrected chi connectivity index (χ3v) is 3.22. The molecule has 0 atom stereocenters. The molecule has 0 radical (unpaired) electrons. The van der Waals surface area contributed by atoms with Crippen LogP contribution in [-0.2, 0) is 6.54 Å². The smallest absolute Gasteiger partial charge is 0.136 e. The first-order valence-corrected chi connectivity index (χ1v) is 6.74. The van der Waals surface area contributed by atoms with Gasteiger partial charge in [-0.15, -0.1) is 6.58 Å². The highest BCUT2D eigenvalue weighted by Gasteiger charge is 2.11. The minimum absolute atomic E-state index is 0.517. The molecule has 3 nitrogen and oxygen atoms in total. The Bertz CT molecular complexity index is 563. The number of fused-ring (bicyclic) bond motifs is 1. The summed E-state index contributed by atoms with van der Waals surface area (Å²) in [7, 11) is 0. The maximum absolute atomic E-state index is 5.79. The Balaban J connectivity index is 2.56. The molecule has 0 saturated heterocycles. The lowest BCUT2D eigenvalue weighted by Gasteiger charge is -2.23. The molecule has 2 aromatic rings. The fourth-order valence-electron chi connectivity index (χ4n) is 2.36. The predicted molar refractivity (Wildman–Crippen MR) is 82.3 cm³/mol. The fraction of sp³-hybridized carbons (Fsp3) is 0.312. The molecule has 0 aliphatic rings. The summed E-state index contributed by atoms with van der Waals surface area (Å²) < 4.78 is 0. The lowest BCUT2D eigenvalue weighted by molar-refractivity contribution is 0.805. The molecule has 0 aliphatic heterocycles. The molecule has 0 bridgehead atoms. The molecule has 2 rings (SSSR count). The summed E-state index contributed by atoms with van der Waals surface area (Å²) in [4.78, 5) is 6.87. The van der Waals surface area contributed by atoms with Gasteiger partial charge in [0.15, 0.2) is 0 Å². The van der Waals surface area contributed by atoms with E-state index in [4.69, 9.17) is 5.73 Å². The second-order valence-corrected chi connectivity index (χ2v) is 4.59. The van der Waals surface area contributed by atoms with Crippen LogP contribution in [0.5, 0.6) is 0 Å². The van der Waals surface area contributed by atoms with Gasteiger partial charge in [-0.25, -0.2) is 4.98 Å². The molecule has 2 N–H and O–H groups in total. The van der Waals surface area contributed by atoms with Crippen LogP contribution in [0.1, 0.15) is 18.9 Å². The van der Waals surface area contributed by atoms with E-state index in [1.165, 1.54) is 10.8 Å². The summed E-state index contributed by atoms with van der Waals surface area (Å²) in [6, 6.07) is 8.32. The van der Waals surface area contributed by atoms with Crippen molar-refractivity contribution in [2.75, 3.05) is 18.0 Å². The Kier molecular flexibility index (Phi) is 4.53. The number of benzene rings is 1. The standard InChI is InChI=1S/C16H21N3/c1-3-9-19(10-4-2)16-15-8-6-5-7-14(15)13(11-17)12-18-16/h3,5-8,12H,1,4,9-11,17H2,2H3. The Hall–Kier alpha value is -1.87. The maximum atomic E-state index is 5.79. The van der Waals surface area contributed by atoms with Crippen LogP contribution in [0.15, 0.2) is 43.1 Å². The maximum Gasteiger partial charge on any atom is 0.136 e. The van der Waals surface area contributed by atoms with Gasteiger partial charge in [-0.2, -0.15) is 0 Å². The molecule has 0 fully saturated rings. The van der Waals surface area contributed by atoms with Crippen molar-refractivity contribution in [1.29, 1.82) is 0 Å². The van der Waals surface area contributed by atoms with Crippen molar-refractivity contribution in [3.63, 3.8) is 0 Å². The summed E-state index contributed by atoms with van der Waals surface area (Å²) in [5.41, 5.74) is 6.88. The van der Waals surface area contributed by atoms with E-state index in [2.05, 4.69) is 35.5 Å². The number of rotatable bonds is 6. The van der Waals surface area contributed by atoms with E-state index in [9.17, 15) is 0 Å². The van der Waals surface area contributed by atoms with E-state index < -0.39 is 0 Å². The number of aromatic nitrogens is 1. The van der Waals surface area contributed by atoms with Crippen LogP contribution in [0.4, 0.5) is 5.82 Å². The molecule has 0 saturated carbocycles. The largest absolute Gasteiger partial charge is 0.352 e. The molecule has 1 aromatic carbocycles. The SMILES string of the molecule is C=CCN(CCC)c1ncc(CN)c2ccccc12. The van der Waals surface area contributed by atoms with Gasteiger partial charge in [-0.3, -0.25) is 0 Å². The molecule has 19 heavy (non-hydrogen) atoms. The Morgan fingerprint density at radius 3 is 2.68 bits per heavy atom. The molecule has 0 aliphatic carbocycles. The zero-order valence-corrected chi connectivity index (χ0v) is 11.5. The average molecular weight is 255 g/mol. The molecule has 1 heterocycles. The van der Waals surface area contributed by atoms with Gasteiger partial charge in [-0.1, -0.05) is 37.3 Å². The van der Waals surface area contributed by atoms with Crippen LogP contribution in [0.2, 0.25) is 0 Å². The molecule has 100 valence electrons. The highest BCUT2D eigenvalue weighted by Crippen LogP contribution is 2.27. The van der Waals surface area contributed by atoms with Crippen molar-refractivity contribution in [1.82, 2.24) is 4.98 Å². The third kappa shape index (κ3) is 2.76. The molecular weight excluding hydrogens is 234 g/mol. The summed E-state index contributed by atoms with van der Waals surface area (Å²) in [6.45, 7) is 8.31. The summed E-state index contributed by atoms with van der Waals surface area (Å²) >= 11 is 0. The van der Waals surface area contributed by atoms with Crippen LogP contribution >= 0.6 is 0 Å². The van der Waals surface area contributed by atoms with Crippen molar-refractivity contribution < 1.29 is 0 Å². The molecule has 1 aromatic heterocycles. The minimum Gasteiger partial charge on any atom is -0.352 e. The highest BCUT2D eigenvalue weighted by molar-refractivity contribution is 5.94. The van der Waals surface area contributed by atoms with Crippen LogP contribution < -0.4 is 10.6 Å². The Morgan fingerprint density at radius 2 is 2.05 bits per heavy atom. The topological polar surface area (TPSA) is 42.2 Å². The van der Waals surface area contributed by atoms with Gasteiger partial charge in [0.2, 0.25) is 0 Å². The van der Waals surface area contributed by atoms with Gasteiger partial charge in [0, 0.05) is 31.2 Å². The van der Waals surface area contributed by atoms with E-state index in [-0.39, 0.29) is 0 Å². The van der Waals surface area contributed by atoms with E-state index in [0.717, 1.165) is 30.9 Å². The number of nitrogens with zero attached hydrogens (tertiary/aromatic N) is 2. The lowest BCUT2D eigenvalue weighted by atomic mass is 10.1. The quantitative estimate of drug-likeness (QED) is 0.806. The zero-order chi connectivity index (χ0) is 13.7. The van der Waals surface area contributed by atoms with Crippen molar-refractivity contribution in [3.05, 3.63) is 48.7 Å². The molecule has 3 heteroatoms. The minimum atomic E-state index is 0.517. The van der Waals surface area contributed by atoms with E-state index in [1.54, 1.807) is 0 Å². The van der Waals surface area contributed by atoms with Crippen molar-refractivity contribution in [2.45, 2.75) is 19.9 Å². The summed E-state index contributed by atoms with van der Waals surface area (Å²) in [5.74, 6) is 1.02. The molecular formula is C16H21N3. The van der Waals surface area contributed by atoms with Gasteiger partial charge >= 0.3 is 0 Å². The highest BCUT2D eigenvalue weighted by atomic mass is 15.2. The Morgan fingerprint density at radius 1 is 1.32 bits per heavy atom. The number of nitrogens with two attached hydrogens (primary N) is 1. The van der Waals surface area contributed by atoms with Crippen LogP contribution in [0.3, 0.4) is 0 Å². The van der Waals surface area contributed by atoms with Gasteiger partial charge < -0.3 is 10.6 Å². The average Bonchev–Trinajstić information content (AvgIpc) is 2.46. The monoisotopic (exact) mass is 255 g/mol. The number of hydrogen-bond donors (Lipinski definition) is 1. The molecule has 0 spiro atoms. The van der Waals surface area contributed by atoms with E-state index >= 15 is 0 Å². The lowest BCUT2D eigenvalue weighted by Crippen LogP contribution is -2.25. The van der Waals surface area contributed by atoms with Crippen molar-refractivity contribution in [3.8, 4) is 0 Å². The van der Waals surface area contributed by atoms with Crippen LogP contribution in [0.25, 0.3) is 10.8 Å². The number of pyridine rings is 1. The van der Waals surface area contributed by atoms with E-state index in [0.29, 0.717) is 6.54 Å². The Labute approximate surface area is 114 Å². The normalized spacial score (nSPS) is 10.6. The fourth-order valence-corrected chi connectivity index (χ4v) is 2.36. The third-order valence-electron chi connectivity index (χ3n) is 3.22.